The van der Waals surface area contributed by atoms with Crippen molar-refractivity contribution in [3.8, 4) is 0 Å². The topological polar surface area (TPSA) is 12.0 Å². The first kappa shape index (κ1) is 11.7. The molecule has 1 aliphatic rings. The third-order valence-corrected chi connectivity index (χ3v) is 3.72. The first-order chi connectivity index (χ1) is 7.66. The number of aryl methyl sites for hydroxylation is 1. The first-order valence-electron chi connectivity index (χ1n) is 6.47. The molecule has 88 valence electrons. The molecule has 1 aliphatic carbocycles. The van der Waals surface area contributed by atoms with Crippen molar-refractivity contribution in [3.63, 3.8) is 0 Å². The van der Waals surface area contributed by atoms with Crippen LogP contribution in [-0.2, 0) is 0 Å². The lowest BCUT2D eigenvalue weighted by atomic mass is 9.99. The Hall–Kier alpha value is -0.820. The molecule has 2 unspecified atom stereocenters. The lowest BCUT2D eigenvalue weighted by Crippen LogP contribution is -2.31. The van der Waals surface area contributed by atoms with Crippen LogP contribution in [0.5, 0.6) is 0 Å². The summed E-state index contributed by atoms with van der Waals surface area (Å²) in [7, 11) is 0. The summed E-state index contributed by atoms with van der Waals surface area (Å²) >= 11 is 0. The fourth-order valence-electron chi connectivity index (χ4n) is 2.14. The second kappa shape index (κ2) is 5.01. The average Bonchev–Trinajstić information content (AvgIpc) is 3.10. The molecule has 0 heterocycles. The average molecular weight is 217 g/mol. The van der Waals surface area contributed by atoms with Crippen molar-refractivity contribution in [3.05, 3.63) is 35.4 Å². The molecule has 2 atom stereocenters. The summed E-state index contributed by atoms with van der Waals surface area (Å²) in [4.78, 5) is 0. The van der Waals surface area contributed by atoms with E-state index in [4.69, 9.17) is 0 Å². The van der Waals surface area contributed by atoms with E-state index < -0.39 is 0 Å². The van der Waals surface area contributed by atoms with Crippen molar-refractivity contribution in [2.45, 2.75) is 45.6 Å². The molecule has 0 spiro atoms. The maximum atomic E-state index is 3.66. The van der Waals surface area contributed by atoms with E-state index in [-0.39, 0.29) is 0 Å². The lowest BCUT2D eigenvalue weighted by Gasteiger charge is -2.17. The van der Waals surface area contributed by atoms with Crippen molar-refractivity contribution in [2.75, 3.05) is 6.54 Å². The Morgan fingerprint density at radius 1 is 1.19 bits per heavy atom. The SMILES string of the molecule is Cc1ccc(C(C)CNC(C)C2CC2)cc1. The van der Waals surface area contributed by atoms with Gasteiger partial charge < -0.3 is 5.32 Å². The molecule has 1 fully saturated rings. The van der Waals surface area contributed by atoms with E-state index in [0.29, 0.717) is 12.0 Å². The fourth-order valence-corrected chi connectivity index (χ4v) is 2.14. The van der Waals surface area contributed by atoms with Gasteiger partial charge in [0, 0.05) is 12.6 Å². The van der Waals surface area contributed by atoms with Crippen molar-refractivity contribution >= 4 is 0 Å². The van der Waals surface area contributed by atoms with Crippen molar-refractivity contribution in [2.24, 2.45) is 5.92 Å². The van der Waals surface area contributed by atoms with E-state index in [9.17, 15) is 0 Å². The lowest BCUT2D eigenvalue weighted by molar-refractivity contribution is 0.477. The van der Waals surface area contributed by atoms with Gasteiger partial charge in [-0.25, -0.2) is 0 Å². The second-order valence-corrected chi connectivity index (χ2v) is 5.35. The third kappa shape index (κ3) is 3.08. The van der Waals surface area contributed by atoms with Gasteiger partial charge in [0.25, 0.3) is 0 Å². The molecule has 1 aromatic carbocycles. The molecular weight excluding hydrogens is 194 g/mol. The third-order valence-electron chi connectivity index (χ3n) is 3.72. The molecule has 2 rings (SSSR count). The molecule has 1 nitrogen and oxygen atoms in total. The quantitative estimate of drug-likeness (QED) is 0.796. The summed E-state index contributed by atoms with van der Waals surface area (Å²) in [5.41, 5.74) is 2.79. The van der Waals surface area contributed by atoms with Gasteiger partial charge in [0.2, 0.25) is 0 Å². The molecule has 1 saturated carbocycles. The van der Waals surface area contributed by atoms with Crippen LogP contribution in [0.3, 0.4) is 0 Å². The monoisotopic (exact) mass is 217 g/mol. The van der Waals surface area contributed by atoms with Crippen LogP contribution in [0.25, 0.3) is 0 Å². The number of nitrogens with one attached hydrogen (secondary N) is 1. The zero-order valence-electron chi connectivity index (χ0n) is 10.7. The summed E-state index contributed by atoms with van der Waals surface area (Å²) in [6, 6.07) is 9.62. The summed E-state index contributed by atoms with van der Waals surface area (Å²) in [5.74, 6) is 1.56. The highest BCUT2D eigenvalue weighted by Gasteiger charge is 2.27. The smallest absolute Gasteiger partial charge is 0.00672 e. The predicted octanol–water partition coefficient (Wildman–Crippen LogP) is 3.49. The summed E-state index contributed by atoms with van der Waals surface area (Å²) in [6.45, 7) is 7.86. The van der Waals surface area contributed by atoms with Gasteiger partial charge in [-0.15, -0.1) is 0 Å². The van der Waals surface area contributed by atoms with Gasteiger partial charge in [0.15, 0.2) is 0 Å². The van der Waals surface area contributed by atoms with Crippen LogP contribution in [0.1, 0.15) is 43.7 Å². The van der Waals surface area contributed by atoms with E-state index in [1.54, 1.807) is 0 Å². The van der Waals surface area contributed by atoms with Crippen molar-refractivity contribution < 1.29 is 0 Å². The molecule has 0 amide bonds. The minimum Gasteiger partial charge on any atom is -0.313 e. The van der Waals surface area contributed by atoms with Crippen molar-refractivity contribution in [1.29, 1.82) is 0 Å². The maximum Gasteiger partial charge on any atom is 0.00672 e. The van der Waals surface area contributed by atoms with Gasteiger partial charge in [-0.05, 0) is 44.1 Å². The van der Waals surface area contributed by atoms with Gasteiger partial charge in [-0.2, -0.15) is 0 Å². The Morgan fingerprint density at radius 3 is 2.38 bits per heavy atom. The van der Waals surface area contributed by atoms with E-state index in [0.717, 1.165) is 12.5 Å². The summed E-state index contributed by atoms with van der Waals surface area (Å²) in [5, 5.41) is 3.66. The second-order valence-electron chi connectivity index (χ2n) is 5.35. The van der Waals surface area contributed by atoms with E-state index in [2.05, 4.69) is 50.4 Å². The molecule has 0 saturated heterocycles. The van der Waals surface area contributed by atoms with E-state index >= 15 is 0 Å². The highest BCUT2D eigenvalue weighted by Crippen LogP contribution is 2.32. The number of rotatable bonds is 5. The molecule has 1 aromatic rings. The Morgan fingerprint density at radius 2 is 1.81 bits per heavy atom. The Bertz CT molecular complexity index is 324. The van der Waals surface area contributed by atoms with Crippen LogP contribution >= 0.6 is 0 Å². The molecule has 0 radical (unpaired) electrons. The summed E-state index contributed by atoms with van der Waals surface area (Å²) in [6.07, 6.45) is 2.85. The minimum absolute atomic E-state index is 0.613. The summed E-state index contributed by atoms with van der Waals surface area (Å²) < 4.78 is 0. The van der Waals surface area contributed by atoms with Crippen LogP contribution < -0.4 is 5.32 Å². The van der Waals surface area contributed by atoms with E-state index in [1.165, 1.54) is 24.0 Å². The highest BCUT2D eigenvalue weighted by molar-refractivity contribution is 5.24. The minimum atomic E-state index is 0.613. The van der Waals surface area contributed by atoms with Gasteiger partial charge in [-0.3, -0.25) is 0 Å². The number of benzene rings is 1. The van der Waals surface area contributed by atoms with Gasteiger partial charge >= 0.3 is 0 Å². The van der Waals surface area contributed by atoms with Gasteiger partial charge in [0.05, 0.1) is 0 Å². The van der Waals surface area contributed by atoms with Crippen LogP contribution in [0.15, 0.2) is 24.3 Å². The Kier molecular flexibility index (Phi) is 3.65. The van der Waals surface area contributed by atoms with Crippen LogP contribution in [0.4, 0.5) is 0 Å². The molecule has 0 aliphatic heterocycles. The number of hydrogen-bond donors (Lipinski definition) is 1. The van der Waals surface area contributed by atoms with Crippen LogP contribution in [0.2, 0.25) is 0 Å². The normalized spacial score (nSPS) is 19.4. The molecule has 0 aromatic heterocycles. The van der Waals surface area contributed by atoms with Crippen LogP contribution in [0, 0.1) is 12.8 Å². The fraction of sp³-hybridized carbons (Fsp3) is 0.600. The molecule has 16 heavy (non-hydrogen) atoms. The molecule has 1 N–H and O–H groups in total. The van der Waals surface area contributed by atoms with Gasteiger partial charge in [0.1, 0.15) is 0 Å². The molecule has 0 bridgehead atoms. The molecule has 1 heteroatoms. The number of hydrogen-bond acceptors (Lipinski definition) is 1. The van der Waals surface area contributed by atoms with Gasteiger partial charge in [-0.1, -0.05) is 36.8 Å². The zero-order chi connectivity index (χ0) is 11.5. The maximum absolute atomic E-state index is 3.66. The van der Waals surface area contributed by atoms with Crippen molar-refractivity contribution in [1.82, 2.24) is 5.32 Å². The standard InChI is InChI=1S/C15H23N/c1-11-4-6-14(7-5-11)12(2)10-16-13(3)15-8-9-15/h4-7,12-13,15-16H,8-10H2,1-3H3. The Balaban J connectivity index is 1.82. The van der Waals surface area contributed by atoms with Crippen LogP contribution in [-0.4, -0.2) is 12.6 Å². The largest absolute Gasteiger partial charge is 0.313 e. The first-order valence-corrected chi connectivity index (χ1v) is 6.47. The predicted molar refractivity (Wildman–Crippen MR) is 69.8 cm³/mol. The zero-order valence-corrected chi connectivity index (χ0v) is 10.7. The Labute approximate surface area is 99.3 Å². The highest BCUT2D eigenvalue weighted by atomic mass is 14.9. The van der Waals surface area contributed by atoms with E-state index in [1.807, 2.05) is 0 Å². The molecular formula is C15H23N.